The highest BCUT2D eigenvalue weighted by Crippen LogP contribution is 2.26. The fourth-order valence-electron chi connectivity index (χ4n) is 2.51. The largest absolute Gasteiger partial charge is 0.493 e. The molecule has 1 aliphatic heterocycles. The summed E-state index contributed by atoms with van der Waals surface area (Å²) in [6.07, 6.45) is 3.27. The van der Waals surface area contributed by atoms with E-state index in [4.69, 9.17) is 4.74 Å². The smallest absolute Gasteiger partial charge is 0.122 e. The second-order valence-corrected chi connectivity index (χ2v) is 5.85. The van der Waals surface area contributed by atoms with Crippen molar-refractivity contribution in [3.63, 3.8) is 0 Å². The SMILES string of the molecule is OC(CCc1ccc2c(c1)CCO2)Cc1ccsc1. The molecule has 0 bridgehead atoms. The van der Waals surface area contributed by atoms with Gasteiger partial charge in [0.1, 0.15) is 5.75 Å². The van der Waals surface area contributed by atoms with Gasteiger partial charge in [0.25, 0.3) is 0 Å². The Hall–Kier alpha value is -1.32. The van der Waals surface area contributed by atoms with E-state index in [2.05, 4.69) is 35.0 Å². The van der Waals surface area contributed by atoms with Crippen LogP contribution in [0.15, 0.2) is 35.0 Å². The molecule has 1 aromatic heterocycles. The van der Waals surface area contributed by atoms with Crippen molar-refractivity contribution >= 4 is 11.3 Å². The van der Waals surface area contributed by atoms with E-state index in [-0.39, 0.29) is 6.10 Å². The lowest BCUT2D eigenvalue weighted by Crippen LogP contribution is -2.11. The van der Waals surface area contributed by atoms with Gasteiger partial charge in [0.2, 0.25) is 0 Å². The summed E-state index contributed by atoms with van der Waals surface area (Å²) in [6.45, 7) is 0.805. The summed E-state index contributed by atoms with van der Waals surface area (Å²) in [5.41, 5.74) is 3.85. The Morgan fingerprint density at radius 1 is 1.26 bits per heavy atom. The van der Waals surface area contributed by atoms with Crippen LogP contribution >= 0.6 is 11.3 Å². The Labute approximate surface area is 117 Å². The average Bonchev–Trinajstić information content (AvgIpc) is 3.06. The third-order valence-electron chi connectivity index (χ3n) is 3.57. The van der Waals surface area contributed by atoms with Crippen LogP contribution in [0.2, 0.25) is 0 Å². The first-order chi connectivity index (χ1) is 9.31. The summed E-state index contributed by atoms with van der Waals surface area (Å²) >= 11 is 1.68. The molecule has 2 aromatic rings. The van der Waals surface area contributed by atoms with Gasteiger partial charge in [-0.3, -0.25) is 0 Å². The number of ether oxygens (including phenoxy) is 1. The highest BCUT2D eigenvalue weighted by atomic mass is 32.1. The van der Waals surface area contributed by atoms with Gasteiger partial charge in [0.05, 0.1) is 12.7 Å². The molecule has 0 saturated heterocycles. The Bertz CT molecular complexity index is 534. The molecule has 0 fully saturated rings. The number of hydrogen-bond acceptors (Lipinski definition) is 3. The van der Waals surface area contributed by atoms with E-state index in [1.165, 1.54) is 16.7 Å². The van der Waals surface area contributed by atoms with E-state index >= 15 is 0 Å². The third-order valence-corrected chi connectivity index (χ3v) is 4.30. The van der Waals surface area contributed by atoms with E-state index in [9.17, 15) is 5.11 Å². The predicted octanol–water partition coefficient (Wildman–Crippen LogP) is 3.22. The van der Waals surface area contributed by atoms with E-state index in [1.807, 2.05) is 0 Å². The molecule has 3 heteroatoms. The topological polar surface area (TPSA) is 29.5 Å². The van der Waals surface area contributed by atoms with Crippen LogP contribution in [0.25, 0.3) is 0 Å². The zero-order chi connectivity index (χ0) is 13.1. The lowest BCUT2D eigenvalue weighted by atomic mass is 10.0. The van der Waals surface area contributed by atoms with Crippen molar-refractivity contribution in [2.75, 3.05) is 6.61 Å². The highest BCUT2D eigenvalue weighted by Gasteiger charge is 2.12. The molecule has 0 spiro atoms. The molecule has 1 aromatic carbocycles. The number of aryl methyl sites for hydroxylation is 1. The van der Waals surface area contributed by atoms with E-state index < -0.39 is 0 Å². The van der Waals surface area contributed by atoms with Crippen LogP contribution in [0.3, 0.4) is 0 Å². The summed E-state index contributed by atoms with van der Waals surface area (Å²) in [7, 11) is 0. The van der Waals surface area contributed by atoms with Gasteiger partial charge < -0.3 is 9.84 Å². The van der Waals surface area contributed by atoms with Crippen molar-refractivity contribution in [2.45, 2.75) is 31.8 Å². The van der Waals surface area contributed by atoms with Gasteiger partial charge in [-0.05, 0) is 58.8 Å². The Morgan fingerprint density at radius 3 is 3.05 bits per heavy atom. The normalized spacial score (nSPS) is 15.0. The third kappa shape index (κ3) is 3.17. The average molecular weight is 274 g/mol. The van der Waals surface area contributed by atoms with Gasteiger partial charge >= 0.3 is 0 Å². The zero-order valence-electron chi connectivity index (χ0n) is 10.8. The Kier molecular flexibility index (Phi) is 3.85. The van der Waals surface area contributed by atoms with Crippen LogP contribution in [-0.4, -0.2) is 17.8 Å². The van der Waals surface area contributed by atoms with E-state index in [0.29, 0.717) is 0 Å². The van der Waals surface area contributed by atoms with Crippen LogP contribution in [0.5, 0.6) is 5.75 Å². The van der Waals surface area contributed by atoms with E-state index in [1.54, 1.807) is 11.3 Å². The quantitative estimate of drug-likeness (QED) is 0.907. The second-order valence-electron chi connectivity index (χ2n) is 5.07. The van der Waals surface area contributed by atoms with Gasteiger partial charge in [-0.25, -0.2) is 0 Å². The summed E-state index contributed by atoms with van der Waals surface area (Å²) in [4.78, 5) is 0. The minimum atomic E-state index is -0.251. The standard InChI is InChI=1S/C16H18O2S/c17-15(10-13-6-8-19-11-13)3-1-12-2-4-16-14(9-12)5-7-18-16/h2,4,6,8-9,11,15,17H,1,3,5,7,10H2. The van der Waals surface area contributed by atoms with Crippen LogP contribution < -0.4 is 4.74 Å². The highest BCUT2D eigenvalue weighted by molar-refractivity contribution is 7.07. The monoisotopic (exact) mass is 274 g/mol. The van der Waals surface area contributed by atoms with Crippen molar-refractivity contribution < 1.29 is 9.84 Å². The molecule has 0 amide bonds. The number of fused-ring (bicyclic) bond motifs is 1. The molecule has 0 radical (unpaired) electrons. The number of rotatable bonds is 5. The molecule has 0 saturated carbocycles. The lowest BCUT2D eigenvalue weighted by Gasteiger charge is -2.10. The van der Waals surface area contributed by atoms with Crippen LogP contribution in [0.1, 0.15) is 23.1 Å². The first-order valence-electron chi connectivity index (χ1n) is 6.75. The molecule has 1 unspecified atom stereocenters. The summed E-state index contributed by atoms with van der Waals surface area (Å²) in [5.74, 6) is 1.03. The number of hydrogen-bond donors (Lipinski definition) is 1. The second kappa shape index (κ2) is 5.76. The molecule has 0 aliphatic carbocycles. The number of aliphatic hydroxyl groups excluding tert-OH is 1. The van der Waals surface area contributed by atoms with Crippen molar-refractivity contribution in [2.24, 2.45) is 0 Å². The predicted molar refractivity (Wildman–Crippen MR) is 78.0 cm³/mol. The fourth-order valence-corrected chi connectivity index (χ4v) is 3.19. The number of aliphatic hydroxyl groups is 1. The number of benzene rings is 1. The maximum atomic E-state index is 10.1. The summed E-state index contributed by atoms with van der Waals surface area (Å²) in [6, 6.07) is 8.48. The van der Waals surface area contributed by atoms with Gasteiger partial charge in [-0.15, -0.1) is 0 Å². The Balaban J connectivity index is 1.54. The minimum absolute atomic E-state index is 0.251. The Morgan fingerprint density at radius 2 is 2.21 bits per heavy atom. The van der Waals surface area contributed by atoms with Gasteiger partial charge in [0, 0.05) is 6.42 Å². The molecular weight excluding hydrogens is 256 g/mol. The molecular formula is C16H18O2S. The molecule has 2 heterocycles. The van der Waals surface area contributed by atoms with Crippen molar-refractivity contribution in [3.05, 3.63) is 51.7 Å². The maximum Gasteiger partial charge on any atom is 0.122 e. The molecule has 1 N–H and O–H groups in total. The molecule has 2 nitrogen and oxygen atoms in total. The van der Waals surface area contributed by atoms with Crippen molar-refractivity contribution in [3.8, 4) is 5.75 Å². The van der Waals surface area contributed by atoms with E-state index in [0.717, 1.165) is 38.0 Å². The van der Waals surface area contributed by atoms with Crippen molar-refractivity contribution in [1.29, 1.82) is 0 Å². The zero-order valence-corrected chi connectivity index (χ0v) is 11.7. The first kappa shape index (κ1) is 12.7. The molecule has 100 valence electrons. The van der Waals surface area contributed by atoms with Gasteiger partial charge in [-0.1, -0.05) is 12.1 Å². The van der Waals surface area contributed by atoms with Crippen LogP contribution in [0.4, 0.5) is 0 Å². The fraction of sp³-hybridized carbons (Fsp3) is 0.375. The van der Waals surface area contributed by atoms with Crippen LogP contribution in [0, 0.1) is 0 Å². The molecule has 1 atom stereocenters. The minimum Gasteiger partial charge on any atom is -0.493 e. The lowest BCUT2D eigenvalue weighted by molar-refractivity contribution is 0.165. The van der Waals surface area contributed by atoms with Crippen LogP contribution in [-0.2, 0) is 19.3 Å². The van der Waals surface area contributed by atoms with Gasteiger partial charge in [0.15, 0.2) is 0 Å². The van der Waals surface area contributed by atoms with Gasteiger partial charge in [-0.2, -0.15) is 11.3 Å². The first-order valence-corrected chi connectivity index (χ1v) is 7.69. The van der Waals surface area contributed by atoms with Crippen molar-refractivity contribution in [1.82, 2.24) is 0 Å². The maximum absolute atomic E-state index is 10.1. The molecule has 19 heavy (non-hydrogen) atoms. The molecule has 1 aliphatic rings. The summed E-state index contributed by atoms with van der Waals surface area (Å²) < 4.78 is 5.50. The summed E-state index contributed by atoms with van der Waals surface area (Å²) in [5, 5.41) is 14.2. The number of thiophene rings is 1. The molecule has 3 rings (SSSR count).